The van der Waals surface area contributed by atoms with Gasteiger partial charge in [-0.1, -0.05) is 6.92 Å². The van der Waals surface area contributed by atoms with E-state index in [-0.39, 0.29) is 15.6 Å². The van der Waals surface area contributed by atoms with Crippen LogP contribution in [0.15, 0.2) is 21.5 Å². The zero-order valence-corrected chi connectivity index (χ0v) is 13.9. The minimum absolute atomic E-state index is 0.0561. The molecule has 21 heavy (non-hydrogen) atoms. The second-order valence-corrected chi connectivity index (χ2v) is 7.58. The predicted octanol–water partition coefficient (Wildman–Crippen LogP) is 2.30. The molecule has 3 N–H and O–H groups in total. The van der Waals surface area contributed by atoms with E-state index in [4.69, 9.17) is 5.14 Å². The SMILES string of the molecule is CCC1(NC(=O)c2cc(F)c(Br)c(S(N)(=O)=O)c2)CCC1. The summed E-state index contributed by atoms with van der Waals surface area (Å²) in [7, 11) is -4.12. The summed E-state index contributed by atoms with van der Waals surface area (Å²) in [6, 6.07) is 2.08. The highest BCUT2D eigenvalue weighted by atomic mass is 79.9. The van der Waals surface area contributed by atoms with E-state index < -0.39 is 26.6 Å². The van der Waals surface area contributed by atoms with Crippen LogP contribution in [0.1, 0.15) is 43.0 Å². The molecular formula is C13H16BrFN2O3S. The van der Waals surface area contributed by atoms with Crippen LogP contribution in [0.4, 0.5) is 4.39 Å². The molecule has 1 fully saturated rings. The van der Waals surface area contributed by atoms with Crippen LogP contribution >= 0.6 is 15.9 Å². The predicted molar refractivity (Wildman–Crippen MR) is 79.8 cm³/mol. The van der Waals surface area contributed by atoms with Crippen LogP contribution in [0.2, 0.25) is 0 Å². The molecule has 1 aromatic carbocycles. The first-order chi connectivity index (χ1) is 9.68. The van der Waals surface area contributed by atoms with Gasteiger partial charge in [-0.25, -0.2) is 17.9 Å². The standard InChI is InChI=1S/C13H16BrFN2O3S/c1-2-13(4-3-5-13)17-12(18)8-6-9(15)11(14)10(7-8)21(16,19)20/h6-7H,2-5H2,1H3,(H,17,18)(H2,16,19,20). The van der Waals surface area contributed by atoms with Crippen molar-refractivity contribution in [2.75, 3.05) is 0 Å². The Hall–Kier alpha value is -0.990. The normalized spacial score (nSPS) is 17.1. The zero-order valence-electron chi connectivity index (χ0n) is 11.4. The second-order valence-electron chi connectivity index (χ2n) is 5.26. The third kappa shape index (κ3) is 3.27. The Morgan fingerprint density at radius 3 is 2.52 bits per heavy atom. The molecule has 0 saturated heterocycles. The fourth-order valence-electron chi connectivity index (χ4n) is 2.39. The number of benzene rings is 1. The molecule has 0 bridgehead atoms. The summed E-state index contributed by atoms with van der Waals surface area (Å²) in [6.07, 6.45) is 3.55. The molecule has 1 saturated carbocycles. The number of halogens is 2. The maximum Gasteiger partial charge on any atom is 0.251 e. The number of nitrogens with one attached hydrogen (secondary N) is 1. The van der Waals surface area contributed by atoms with Gasteiger partial charge in [-0.15, -0.1) is 0 Å². The quantitative estimate of drug-likeness (QED) is 0.841. The van der Waals surface area contributed by atoms with E-state index in [1.807, 2.05) is 6.92 Å². The number of rotatable bonds is 4. The highest BCUT2D eigenvalue weighted by Gasteiger charge is 2.36. The molecule has 0 aromatic heterocycles. The first-order valence-corrected chi connectivity index (χ1v) is 8.87. The number of amides is 1. The van der Waals surface area contributed by atoms with Crippen LogP contribution in [0, 0.1) is 5.82 Å². The van der Waals surface area contributed by atoms with Gasteiger partial charge in [0.1, 0.15) is 5.82 Å². The van der Waals surface area contributed by atoms with Gasteiger partial charge in [0.05, 0.1) is 9.37 Å². The van der Waals surface area contributed by atoms with Gasteiger partial charge in [-0.05, 0) is 53.7 Å². The summed E-state index contributed by atoms with van der Waals surface area (Å²) in [5, 5.41) is 7.89. The van der Waals surface area contributed by atoms with Gasteiger partial charge in [0.15, 0.2) is 0 Å². The van der Waals surface area contributed by atoms with Crippen LogP contribution < -0.4 is 10.5 Å². The molecule has 5 nitrogen and oxygen atoms in total. The van der Waals surface area contributed by atoms with Crippen molar-refractivity contribution in [3.63, 3.8) is 0 Å². The topological polar surface area (TPSA) is 89.3 Å². The third-order valence-electron chi connectivity index (χ3n) is 3.93. The van der Waals surface area contributed by atoms with Gasteiger partial charge in [0, 0.05) is 11.1 Å². The highest BCUT2D eigenvalue weighted by Crippen LogP contribution is 2.35. The molecule has 0 spiro atoms. The fraction of sp³-hybridized carbons (Fsp3) is 0.462. The molecule has 0 atom stereocenters. The maximum atomic E-state index is 13.8. The lowest BCUT2D eigenvalue weighted by molar-refractivity contribution is 0.0819. The van der Waals surface area contributed by atoms with Crippen LogP contribution in [0.3, 0.4) is 0 Å². The van der Waals surface area contributed by atoms with Crippen molar-refractivity contribution < 1.29 is 17.6 Å². The average Bonchev–Trinajstić information content (AvgIpc) is 2.35. The van der Waals surface area contributed by atoms with E-state index in [0.29, 0.717) is 0 Å². The van der Waals surface area contributed by atoms with Gasteiger partial charge in [0.2, 0.25) is 10.0 Å². The van der Waals surface area contributed by atoms with Crippen LogP contribution in [0.25, 0.3) is 0 Å². The van der Waals surface area contributed by atoms with Crippen molar-refractivity contribution in [2.24, 2.45) is 5.14 Å². The molecule has 2 rings (SSSR count). The number of hydrogen-bond donors (Lipinski definition) is 2. The highest BCUT2D eigenvalue weighted by molar-refractivity contribution is 9.10. The van der Waals surface area contributed by atoms with E-state index in [9.17, 15) is 17.6 Å². The molecule has 1 amide bonds. The monoisotopic (exact) mass is 378 g/mol. The van der Waals surface area contributed by atoms with Crippen molar-refractivity contribution in [1.82, 2.24) is 5.32 Å². The lowest BCUT2D eigenvalue weighted by Gasteiger charge is -2.42. The molecule has 8 heteroatoms. The summed E-state index contributed by atoms with van der Waals surface area (Å²) in [5.74, 6) is -1.33. The zero-order chi connectivity index (χ0) is 15.8. The van der Waals surface area contributed by atoms with Crippen molar-refractivity contribution in [1.29, 1.82) is 0 Å². The fourth-order valence-corrected chi connectivity index (χ4v) is 3.93. The number of hydrogen-bond acceptors (Lipinski definition) is 3. The number of carbonyl (C=O) groups excluding carboxylic acids is 1. The van der Waals surface area contributed by atoms with E-state index in [1.165, 1.54) is 0 Å². The maximum absolute atomic E-state index is 13.8. The number of sulfonamides is 1. The van der Waals surface area contributed by atoms with E-state index in [1.54, 1.807) is 0 Å². The largest absolute Gasteiger partial charge is 0.347 e. The van der Waals surface area contributed by atoms with Gasteiger partial charge < -0.3 is 5.32 Å². The minimum Gasteiger partial charge on any atom is -0.347 e. The molecule has 1 aromatic rings. The van der Waals surface area contributed by atoms with Gasteiger partial charge >= 0.3 is 0 Å². The second kappa shape index (κ2) is 5.66. The lowest BCUT2D eigenvalue weighted by Crippen LogP contribution is -2.53. The van der Waals surface area contributed by atoms with E-state index in [2.05, 4.69) is 21.2 Å². The third-order valence-corrected chi connectivity index (χ3v) is 5.93. The molecule has 116 valence electrons. The van der Waals surface area contributed by atoms with Crippen LogP contribution in [-0.2, 0) is 10.0 Å². The Labute approximate surface area is 131 Å². The van der Waals surface area contributed by atoms with Crippen molar-refractivity contribution in [3.05, 3.63) is 28.0 Å². The van der Waals surface area contributed by atoms with E-state index in [0.717, 1.165) is 37.8 Å². The summed E-state index contributed by atoms with van der Waals surface area (Å²) < 4.78 is 36.4. The first kappa shape index (κ1) is 16.4. The molecule has 0 heterocycles. The van der Waals surface area contributed by atoms with Gasteiger partial charge in [-0.2, -0.15) is 0 Å². The molecule has 0 unspecified atom stereocenters. The molecular weight excluding hydrogens is 363 g/mol. The molecule has 1 aliphatic carbocycles. The number of carbonyl (C=O) groups is 1. The van der Waals surface area contributed by atoms with E-state index >= 15 is 0 Å². The Morgan fingerprint density at radius 1 is 1.48 bits per heavy atom. The molecule has 1 aliphatic rings. The van der Waals surface area contributed by atoms with Crippen molar-refractivity contribution in [2.45, 2.75) is 43.0 Å². The first-order valence-electron chi connectivity index (χ1n) is 6.53. The number of nitrogens with two attached hydrogens (primary N) is 1. The summed E-state index contributed by atoms with van der Waals surface area (Å²) in [4.78, 5) is 11.8. The Bertz CT molecular complexity index is 681. The minimum atomic E-state index is -4.12. The number of primary sulfonamides is 1. The Kier molecular flexibility index (Phi) is 4.41. The van der Waals surface area contributed by atoms with Crippen molar-refractivity contribution in [3.8, 4) is 0 Å². The van der Waals surface area contributed by atoms with Crippen LogP contribution in [-0.4, -0.2) is 19.9 Å². The smallest absolute Gasteiger partial charge is 0.251 e. The van der Waals surface area contributed by atoms with Crippen molar-refractivity contribution >= 4 is 31.9 Å². The summed E-state index contributed by atoms with van der Waals surface area (Å²) in [6.45, 7) is 1.97. The van der Waals surface area contributed by atoms with Crippen LogP contribution in [0.5, 0.6) is 0 Å². The summed E-state index contributed by atoms with van der Waals surface area (Å²) in [5.41, 5.74) is -0.318. The Balaban J connectivity index is 2.36. The molecule has 0 aliphatic heterocycles. The lowest BCUT2D eigenvalue weighted by atomic mass is 9.74. The summed E-state index contributed by atoms with van der Waals surface area (Å²) >= 11 is 2.83. The molecule has 0 radical (unpaired) electrons. The Morgan fingerprint density at radius 2 is 2.10 bits per heavy atom. The average molecular weight is 379 g/mol. The van der Waals surface area contributed by atoms with Gasteiger partial charge in [-0.3, -0.25) is 4.79 Å². The van der Waals surface area contributed by atoms with Gasteiger partial charge in [0.25, 0.3) is 5.91 Å².